The standard InChI is InChI=1S/C18H29N3O2/c1-5-7-15-16(13(3)22)12(2)20-17(15)18(23)21-9-6-8-14(11-21)10-19-4/h14,19-20H,5-11H2,1-4H3. The lowest BCUT2D eigenvalue weighted by molar-refractivity contribution is 0.0667. The molecule has 5 nitrogen and oxygen atoms in total. The number of aromatic amines is 1. The van der Waals surface area contributed by atoms with E-state index in [1.165, 1.54) is 0 Å². The maximum Gasteiger partial charge on any atom is 0.270 e. The summed E-state index contributed by atoms with van der Waals surface area (Å²) in [6.07, 6.45) is 3.88. The minimum absolute atomic E-state index is 0.0351. The van der Waals surface area contributed by atoms with Gasteiger partial charge in [0.25, 0.3) is 5.91 Å². The van der Waals surface area contributed by atoms with Crippen LogP contribution < -0.4 is 5.32 Å². The summed E-state index contributed by atoms with van der Waals surface area (Å²) in [4.78, 5) is 30.1. The summed E-state index contributed by atoms with van der Waals surface area (Å²) >= 11 is 0. The molecule has 23 heavy (non-hydrogen) atoms. The molecule has 0 aliphatic carbocycles. The Kier molecular flexibility index (Phi) is 5.99. The summed E-state index contributed by atoms with van der Waals surface area (Å²) in [5.74, 6) is 0.591. The van der Waals surface area contributed by atoms with Crippen LogP contribution in [0.3, 0.4) is 0 Å². The van der Waals surface area contributed by atoms with Crippen LogP contribution in [0.15, 0.2) is 0 Å². The van der Waals surface area contributed by atoms with E-state index in [2.05, 4.69) is 17.2 Å². The van der Waals surface area contributed by atoms with E-state index in [-0.39, 0.29) is 11.7 Å². The van der Waals surface area contributed by atoms with E-state index >= 15 is 0 Å². The third-order valence-corrected chi connectivity index (χ3v) is 4.66. The van der Waals surface area contributed by atoms with Crippen LogP contribution in [-0.4, -0.2) is 48.3 Å². The highest BCUT2D eigenvalue weighted by molar-refractivity contribution is 6.02. The number of hydrogen-bond acceptors (Lipinski definition) is 3. The Bertz CT molecular complexity index is 575. The van der Waals surface area contributed by atoms with Gasteiger partial charge in [0.1, 0.15) is 5.69 Å². The van der Waals surface area contributed by atoms with Gasteiger partial charge in [-0.15, -0.1) is 0 Å². The van der Waals surface area contributed by atoms with Crippen molar-refractivity contribution in [2.45, 2.75) is 46.5 Å². The van der Waals surface area contributed by atoms with Crippen molar-refractivity contribution in [2.24, 2.45) is 5.92 Å². The first kappa shape index (κ1) is 17.7. The number of nitrogens with zero attached hydrogens (tertiary/aromatic N) is 1. The van der Waals surface area contributed by atoms with E-state index in [4.69, 9.17) is 0 Å². The zero-order valence-electron chi connectivity index (χ0n) is 14.8. The van der Waals surface area contributed by atoms with Gasteiger partial charge in [-0.3, -0.25) is 9.59 Å². The average Bonchev–Trinajstić information content (AvgIpc) is 2.84. The van der Waals surface area contributed by atoms with Crippen molar-refractivity contribution in [3.8, 4) is 0 Å². The van der Waals surface area contributed by atoms with Crippen molar-refractivity contribution in [1.29, 1.82) is 0 Å². The van der Waals surface area contributed by atoms with Gasteiger partial charge in [-0.1, -0.05) is 13.3 Å². The molecule has 1 aromatic rings. The lowest BCUT2D eigenvalue weighted by atomic mass is 9.96. The molecule has 2 heterocycles. The Labute approximate surface area is 138 Å². The highest BCUT2D eigenvalue weighted by atomic mass is 16.2. The van der Waals surface area contributed by atoms with Crippen molar-refractivity contribution in [1.82, 2.24) is 15.2 Å². The zero-order valence-corrected chi connectivity index (χ0v) is 14.8. The molecule has 1 fully saturated rings. The van der Waals surface area contributed by atoms with Gasteiger partial charge in [0.05, 0.1) is 0 Å². The van der Waals surface area contributed by atoms with Gasteiger partial charge >= 0.3 is 0 Å². The Hall–Kier alpha value is -1.62. The predicted molar refractivity (Wildman–Crippen MR) is 92.1 cm³/mol. The van der Waals surface area contributed by atoms with E-state index in [9.17, 15) is 9.59 Å². The largest absolute Gasteiger partial charge is 0.354 e. The zero-order chi connectivity index (χ0) is 17.0. The van der Waals surface area contributed by atoms with Crippen molar-refractivity contribution < 1.29 is 9.59 Å². The summed E-state index contributed by atoms with van der Waals surface area (Å²) in [6.45, 7) is 8.06. The Balaban J connectivity index is 2.28. The number of rotatable bonds is 6. The molecule has 1 aromatic heterocycles. The molecule has 0 bridgehead atoms. The fraction of sp³-hybridized carbons (Fsp3) is 0.667. The predicted octanol–water partition coefficient (Wildman–Crippen LogP) is 2.55. The van der Waals surface area contributed by atoms with Gasteiger partial charge in [0.15, 0.2) is 5.78 Å². The molecule has 0 saturated carbocycles. The Morgan fingerprint density at radius 3 is 2.74 bits per heavy atom. The topological polar surface area (TPSA) is 65.2 Å². The van der Waals surface area contributed by atoms with Crippen LogP contribution in [0.4, 0.5) is 0 Å². The maximum atomic E-state index is 13.0. The van der Waals surface area contributed by atoms with Crippen molar-refractivity contribution in [2.75, 3.05) is 26.7 Å². The van der Waals surface area contributed by atoms with Gasteiger partial charge in [-0.2, -0.15) is 0 Å². The molecule has 0 radical (unpaired) electrons. The molecule has 128 valence electrons. The first-order valence-electron chi connectivity index (χ1n) is 8.65. The molecule has 2 rings (SSSR count). The first-order valence-corrected chi connectivity index (χ1v) is 8.65. The fourth-order valence-corrected chi connectivity index (χ4v) is 3.70. The number of carbonyl (C=O) groups excluding carboxylic acids is 2. The lowest BCUT2D eigenvalue weighted by Crippen LogP contribution is -2.42. The molecule has 5 heteroatoms. The van der Waals surface area contributed by atoms with Crippen molar-refractivity contribution in [3.05, 3.63) is 22.5 Å². The summed E-state index contributed by atoms with van der Waals surface area (Å²) < 4.78 is 0. The van der Waals surface area contributed by atoms with Gasteiger partial charge in [0, 0.05) is 24.3 Å². The lowest BCUT2D eigenvalue weighted by Gasteiger charge is -2.32. The third kappa shape index (κ3) is 3.83. The van der Waals surface area contributed by atoms with Gasteiger partial charge < -0.3 is 15.2 Å². The number of aromatic nitrogens is 1. The normalized spacial score (nSPS) is 18.3. The highest BCUT2D eigenvalue weighted by Crippen LogP contribution is 2.25. The molecule has 1 unspecified atom stereocenters. The summed E-state index contributed by atoms with van der Waals surface area (Å²) in [5, 5.41) is 3.21. The van der Waals surface area contributed by atoms with Crippen LogP contribution in [0.5, 0.6) is 0 Å². The molecular formula is C18H29N3O2. The minimum atomic E-state index is 0.0351. The van der Waals surface area contributed by atoms with Gasteiger partial charge in [0.2, 0.25) is 0 Å². The molecule has 1 amide bonds. The SMILES string of the molecule is CCCc1c(C(=O)N2CCCC(CNC)C2)[nH]c(C)c1C(C)=O. The third-order valence-electron chi connectivity index (χ3n) is 4.66. The Morgan fingerprint density at radius 1 is 1.39 bits per heavy atom. The number of hydrogen-bond donors (Lipinski definition) is 2. The summed E-state index contributed by atoms with van der Waals surface area (Å²) in [7, 11) is 1.95. The number of amides is 1. The Morgan fingerprint density at radius 2 is 2.13 bits per heavy atom. The van der Waals surface area contributed by atoms with Crippen molar-refractivity contribution >= 4 is 11.7 Å². The quantitative estimate of drug-likeness (QED) is 0.792. The number of ketones is 1. The number of H-pyrrole nitrogens is 1. The van der Waals surface area contributed by atoms with Crippen LogP contribution in [0, 0.1) is 12.8 Å². The van der Waals surface area contributed by atoms with E-state index < -0.39 is 0 Å². The fourth-order valence-electron chi connectivity index (χ4n) is 3.70. The molecule has 0 spiro atoms. The highest BCUT2D eigenvalue weighted by Gasteiger charge is 2.28. The van der Waals surface area contributed by atoms with Crippen LogP contribution in [0.2, 0.25) is 0 Å². The van der Waals surface area contributed by atoms with Crippen molar-refractivity contribution in [3.63, 3.8) is 0 Å². The molecule has 1 aliphatic rings. The molecule has 1 aliphatic heterocycles. The first-order chi connectivity index (χ1) is 11.0. The van der Waals surface area contributed by atoms with Crippen LogP contribution in [0.1, 0.15) is 65.2 Å². The summed E-state index contributed by atoms with van der Waals surface area (Å²) in [6, 6.07) is 0. The van der Waals surface area contributed by atoms with E-state index in [1.54, 1.807) is 6.92 Å². The van der Waals surface area contributed by atoms with Crippen LogP contribution >= 0.6 is 0 Å². The number of aryl methyl sites for hydroxylation is 1. The summed E-state index contributed by atoms with van der Waals surface area (Å²) in [5.41, 5.74) is 3.05. The molecule has 1 atom stereocenters. The van der Waals surface area contributed by atoms with E-state index in [0.717, 1.165) is 56.6 Å². The molecule has 0 aromatic carbocycles. The second-order valence-corrected chi connectivity index (χ2v) is 6.60. The van der Waals surface area contributed by atoms with Crippen LogP contribution in [-0.2, 0) is 6.42 Å². The number of piperidine rings is 1. The number of likely N-dealkylation sites (tertiary alicyclic amines) is 1. The van der Waals surface area contributed by atoms with E-state index in [0.29, 0.717) is 17.2 Å². The molecule has 1 saturated heterocycles. The molecule has 2 N–H and O–H groups in total. The number of nitrogens with one attached hydrogen (secondary N) is 2. The minimum Gasteiger partial charge on any atom is -0.354 e. The van der Waals surface area contributed by atoms with Gasteiger partial charge in [-0.25, -0.2) is 0 Å². The molecular weight excluding hydrogens is 290 g/mol. The second-order valence-electron chi connectivity index (χ2n) is 6.60. The van der Waals surface area contributed by atoms with Crippen LogP contribution in [0.25, 0.3) is 0 Å². The smallest absolute Gasteiger partial charge is 0.270 e. The monoisotopic (exact) mass is 319 g/mol. The number of Topliss-reactive ketones (excluding diaryl/α,β-unsaturated/α-hetero) is 1. The average molecular weight is 319 g/mol. The maximum absolute atomic E-state index is 13.0. The van der Waals surface area contributed by atoms with Gasteiger partial charge in [-0.05, 0) is 58.2 Å². The number of carbonyl (C=O) groups is 2. The van der Waals surface area contributed by atoms with E-state index in [1.807, 2.05) is 18.9 Å². The second kappa shape index (κ2) is 7.77.